The highest BCUT2D eigenvalue weighted by molar-refractivity contribution is 7.52. The second kappa shape index (κ2) is 12.1. The number of fused-ring (bicyclic) bond motifs is 1. The van der Waals surface area contributed by atoms with E-state index in [9.17, 15) is 14.5 Å². The number of hydrogen-bond donors (Lipinski definition) is 3. The topological polar surface area (TPSA) is 159 Å². The molecular formula is C25H34FN6O7P. The Bertz CT molecular complexity index is 1360. The lowest BCUT2D eigenvalue weighted by Gasteiger charge is -2.25. The first-order valence-electron chi connectivity index (χ1n) is 12.9. The number of nitrogens with zero attached hydrogens (tertiary/aromatic N) is 4. The summed E-state index contributed by atoms with van der Waals surface area (Å²) in [6, 6.07) is 7.11. The number of halogens is 1. The number of esters is 1. The number of aliphatic hydroxyl groups excluding tert-OH is 1. The molecule has 40 heavy (non-hydrogen) atoms. The van der Waals surface area contributed by atoms with Crippen molar-refractivity contribution in [3.63, 3.8) is 0 Å². The van der Waals surface area contributed by atoms with E-state index < -0.39 is 56.6 Å². The van der Waals surface area contributed by atoms with Crippen LogP contribution < -0.4 is 14.9 Å². The van der Waals surface area contributed by atoms with Gasteiger partial charge in [0, 0.05) is 6.54 Å². The van der Waals surface area contributed by atoms with E-state index in [-0.39, 0.29) is 5.75 Å². The Kier molecular flexibility index (Phi) is 9.06. The van der Waals surface area contributed by atoms with Crippen molar-refractivity contribution in [1.29, 1.82) is 0 Å². The van der Waals surface area contributed by atoms with Crippen LogP contribution in [0.2, 0.25) is 0 Å². The van der Waals surface area contributed by atoms with E-state index in [4.69, 9.17) is 18.5 Å². The van der Waals surface area contributed by atoms with Crippen LogP contribution in [0.5, 0.6) is 5.75 Å². The number of aromatic nitrogens is 4. The van der Waals surface area contributed by atoms with Gasteiger partial charge in [-0.1, -0.05) is 18.2 Å². The first-order valence-corrected chi connectivity index (χ1v) is 14.4. The quantitative estimate of drug-likeness (QED) is 0.212. The summed E-state index contributed by atoms with van der Waals surface area (Å²) in [6.07, 6.45) is -2.02. The van der Waals surface area contributed by atoms with Gasteiger partial charge in [-0.15, -0.1) is 0 Å². The number of anilines is 1. The number of benzene rings is 1. The average Bonchev–Trinajstić information content (AvgIpc) is 3.42. The van der Waals surface area contributed by atoms with E-state index in [1.807, 2.05) is 6.92 Å². The van der Waals surface area contributed by atoms with E-state index in [0.29, 0.717) is 23.5 Å². The number of imidazole rings is 1. The zero-order chi connectivity index (χ0) is 29.1. The third kappa shape index (κ3) is 6.42. The maximum atomic E-state index is 15.9. The number of aliphatic hydroxyl groups is 1. The van der Waals surface area contributed by atoms with E-state index in [1.165, 1.54) is 31.1 Å². The van der Waals surface area contributed by atoms with E-state index in [2.05, 4.69) is 25.4 Å². The maximum absolute atomic E-state index is 15.9. The number of ether oxygens (including phenoxy) is 2. The molecule has 6 atom stereocenters. The minimum absolute atomic E-state index is 0.199. The molecule has 218 valence electrons. The molecule has 3 aromatic rings. The minimum Gasteiger partial charge on any atom is -0.462 e. The van der Waals surface area contributed by atoms with Gasteiger partial charge in [-0.3, -0.25) is 13.9 Å². The summed E-state index contributed by atoms with van der Waals surface area (Å²) in [7, 11) is -4.26. The second-order valence-corrected chi connectivity index (χ2v) is 11.4. The summed E-state index contributed by atoms with van der Waals surface area (Å²) in [6.45, 7) is 7.94. The number of carbonyl (C=O) groups excluding carboxylic acids is 1. The van der Waals surface area contributed by atoms with Crippen molar-refractivity contribution < 1.29 is 37.4 Å². The van der Waals surface area contributed by atoms with Gasteiger partial charge in [-0.05, 0) is 46.8 Å². The Balaban J connectivity index is 1.54. The Morgan fingerprint density at radius 3 is 2.65 bits per heavy atom. The van der Waals surface area contributed by atoms with E-state index >= 15 is 4.39 Å². The number of alkyl halides is 1. The van der Waals surface area contributed by atoms with Crippen LogP contribution in [-0.2, 0) is 23.4 Å². The summed E-state index contributed by atoms with van der Waals surface area (Å²) < 4.78 is 53.4. The van der Waals surface area contributed by atoms with E-state index in [0.717, 1.165) is 0 Å². The van der Waals surface area contributed by atoms with Crippen LogP contribution in [0.4, 0.5) is 10.2 Å². The van der Waals surface area contributed by atoms with Crippen LogP contribution >= 0.6 is 7.75 Å². The van der Waals surface area contributed by atoms with E-state index in [1.54, 1.807) is 44.2 Å². The molecule has 0 saturated carbocycles. The highest BCUT2D eigenvalue weighted by Gasteiger charge is 2.56. The molecule has 0 amide bonds. The molecule has 3 heterocycles. The monoisotopic (exact) mass is 580 g/mol. The molecule has 2 aromatic heterocycles. The normalized spacial score (nSPS) is 25.1. The van der Waals surface area contributed by atoms with Gasteiger partial charge in [0.2, 0.25) is 0 Å². The predicted molar refractivity (Wildman–Crippen MR) is 143 cm³/mol. The molecule has 3 N–H and O–H groups in total. The first kappa shape index (κ1) is 29.8. The van der Waals surface area contributed by atoms with Crippen LogP contribution in [0, 0.1) is 0 Å². The summed E-state index contributed by atoms with van der Waals surface area (Å²) in [5, 5.41) is 16.5. The Morgan fingerprint density at radius 1 is 1.25 bits per heavy atom. The van der Waals surface area contributed by atoms with Gasteiger partial charge < -0.3 is 24.4 Å². The first-order chi connectivity index (χ1) is 18.9. The Labute approximate surface area is 231 Å². The predicted octanol–water partition coefficient (Wildman–Crippen LogP) is 3.38. The van der Waals surface area contributed by atoms with Gasteiger partial charge in [0.05, 0.1) is 19.0 Å². The fourth-order valence-corrected chi connectivity index (χ4v) is 5.68. The lowest BCUT2D eigenvalue weighted by molar-refractivity contribution is -0.149. The SMILES string of the molecule is CCNc1ncnc2c1ncn2[C@@H]1O[C@H](CO[P@](=O)(N[C@H](C)C(=O)OC(C)C)Oc2ccccc2)[C@@H](O)[C@@]1(C)F. The molecule has 1 aliphatic heterocycles. The van der Waals surface area contributed by atoms with Crippen molar-refractivity contribution in [3.8, 4) is 5.75 Å². The van der Waals surface area contributed by atoms with Crippen molar-refractivity contribution >= 4 is 30.7 Å². The van der Waals surface area contributed by atoms with Crippen molar-refractivity contribution in [1.82, 2.24) is 24.6 Å². The number of para-hydroxylation sites is 1. The van der Waals surface area contributed by atoms with Crippen LogP contribution in [-0.4, -0.2) is 73.8 Å². The second-order valence-electron chi connectivity index (χ2n) is 9.73. The van der Waals surface area contributed by atoms with Crippen LogP contribution in [0.25, 0.3) is 11.2 Å². The fourth-order valence-electron chi connectivity index (χ4n) is 4.18. The standard InChI is InChI=1S/C25H34FN6O7P/c1-6-27-21-19-22(29-13-28-21)32(14-30-19)24-25(5,26)20(33)18(38-24)12-36-40(35,39-17-10-8-7-9-11-17)31-16(4)23(34)37-15(2)3/h7-11,13-16,18,20,24,33H,6,12H2,1-5H3,(H,31,35)(H,27,28,29)/t16-,18-,20-,24-,25-,40-/m1/s1. The molecule has 0 radical (unpaired) electrons. The molecule has 1 aliphatic rings. The maximum Gasteiger partial charge on any atom is 0.459 e. The van der Waals surface area contributed by atoms with Gasteiger partial charge in [0.25, 0.3) is 0 Å². The zero-order valence-corrected chi connectivity index (χ0v) is 23.7. The number of hydrogen-bond acceptors (Lipinski definition) is 11. The summed E-state index contributed by atoms with van der Waals surface area (Å²) >= 11 is 0. The summed E-state index contributed by atoms with van der Waals surface area (Å²) in [5.74, 6) is 0.000266. The average molecular weight is 581 g/mol. The molecular weight excluding hydrogens is 546 g/mol. The Hall–Kier alpha value is -3.16. The molecule has 1 saturated heterocycles. The lowest BCUT2D eigenvalue weighted by Crippen LogP contribution is -2.41. The minimum atomic E-state index is -4.26. The lowest BCUT2D eigenvalue weighted by atomic mass is 9.98. The van der Waals surface area contributed by atoms with Gasteiger partial charge >= 0.3 is 13.7 Å². The summed E-state index contributed by atoms with van der Waals surface area (Å²) in [5.41, 5.74) is -1.60. The smallest absolute Gasteiger partial charge is 0.459 e. The third-order valence-corrected chi connectivity index (χ3v) is 7.75. The number of rotatable bonds is 12. The van der Waals surface area contributed by atoms with Crippen molar-refractivity contribution in [2.24, 2.45) is 0 Å². The molecule has 0 unspecified atom stereocenters. The van der Waals surface area contributed by atoms with Gasteiger partial charge in [0.15, 0.2) is 28.9 Å². The largest absolute Gasteiger partial charge is 0.462 e. The molecule has 1 fully saturated rings. The number of nitrogens with one attached hydrogen (secondary N) is 2. The fraction of sp³-hybridized carbons (Fsp3) is 0.520. The number of carbonyl (C=O) groups is 1. The molecule has 13 nitrogen and oxygen atoms in total. The van der Waals surface area contributed by atoms with Crippen LogP contribution in [0.3, 0.4) is 0 Å². The van der Waals surface area contributed by atoms with Gasteiger partial charge in [-0.2, -0.15) is 5.09 Å². The van der Waals surface area contributed by atoms with Gasteiger partial charge in [-0.25, -0.2) is 23.9 Å². The van der Waals surface area contributed by atoms with Crippen molar-refractivity contribution in [2.45, 2.75) is 70.9 Å². The zero-order valence-electron chi connectivity index (χ0n) is 22.9. The Morgan fingerprint density at radius 2 is 1.98 bits per heavy atom. The van der Waals surface area contributed by atoms with Crippen molar-refractivity contribution in [2.75, 3.05) is 18.5 Å². The van der Waals surface area contributed by atoms with Gasteiger partial charge in [0.1, 0.15) is 30.3 Å². The van der Waals surface area contributed by atoms with Crippen LogP contribution in [0.15, 0.2) is 43.0 Å². The third-order valence-electron chi connectivity index (χ3n) is 6.11. The summed E-state index contributed by atoms with van der Waals surface area (Å²) in [4.78, 5) is 25.0. The van der Waals surface area contributed by atoms with Crippen LogP contribution in [0.1, 0.15) is 40.8 Å². The van der Waals surface area contributed by atoms with Crippen molar-refractivity contribution in [3.05, 3.63) is 43.0 Å². The molecule has 15 heteroatoms. The molecule has 0 bridgehead atoms. The molecule has 1 aromatic carbocycles. The molecule has 4 rings (SSSR count). The molecule has 0 spiro atoms. The molecule has 0 aliphatic carbocycles. The highest BCUT2D eigenvalue weighted by Crippen LogP contribution is 2.48. The highest BCUT2D eigenvalue weighted by atomic mass is 31.2.